The van der Waals surface area contributed by atoms with E-state index in [0.29, 0.717) is 5.02 Å². The quantitative estimate of drug-likeness (QED) is 0.469. The largest absolute Gasteiger partial charge is 0.370 e. The third-order valence-electron chi connectivity index (χ3n) is 6.94. The van der Waals surface area contributed by atoms with E-state index in [2.05, 4.69) is 74.3 Å². The van der Waals surface area contributed by atoms with Crippen LogP contribution in [-0.2, 0) is 11.3 Å². The predicted molar refractivity (Wildman–Crippen MR) is 140 cm³/mol. The number of anilines is 2. The molecule has 0 bridgehead atoms. The minimum Gasteiger partial charge on any atom is -0.370 e. The minimum absolute atomic E-state index is 0.0978. The van der Waals surface area contributed by atoms with Crippen LogP contribution < -0.4 is 15.1 Å². The fraction of sp³-hybridized carbons (Fsp3) is 0.370. The Morgan fingerprint density at radius 1 is 1.03 bits per heavy atom. The van der Waals surface area contributed by atoms with E-state index in [9.17, 15) is 0 Å². The van der Waals surface area contributed by atoms with Gasteiger partial charge < -0.3 is 24.4 Å². The highest BCUT2D eigenvalue weighted by molar-refractivity contribution is 6.35. The highest BCUT2D eigenvalue weighted by Gasteiger charge is 2.27. The van der Waals surface area contributed by atoms with E-state index in [0.717, 1.165) is 56.7 Å². The standard InChI is InChI=1S/C27H30ClN5O/c1-19-14-33(26-7-6-25(28)27-24(26)3-2-8-30-27)18-23(34-19)17-31-15-20-4-5-22(13-21(20)16-31)32-11-9-29-10-12-32/h2-8,13,15-16,19,23,29H,9-12,14,17-18H2,1H3/t19-,23+/m1/s1. The zero-order valence-corrected chi connectivity index (χ0v) is 20.2. The van der Waals surface area contributed by atoms with Gasteiger partial charge in [0.15, 0.2) is 0 Å². The van der Waals surface area contributed by atoms with Crippen molar-refractivity contribution >= 4 is 44.7 Å². The molecule has 1 N–H and O–H groups in total. The van der Waals surface area contributed by atoms with Gasteiger partial charge in [0.1, 0.15) is 0 Å². The number of nitrogens with one attached hydrogen (secondary N) is 1. The number of ether oxygens (including phenoxy) is 1. The molecule has 176 valence electrons. The smallest absolute Gasteiger partial charge is 0.0932 e. The normalized spacial score (nSPS) is 21.5. The van der Waals surface area contributed by atoms with E-state index in [4.69, 9.17) is 16.3 Å². The number of fused-ring (bicyclic) bond motifs is 2. The average Bonchev–Trinajstić information content (AvgIpc) is 3.26. The van der Waals surface area contributed by atoms with E-state index < -0.39 is 0 Å². The average molecular weight is 476 g/mol. The maximum atomic E-state index is 6.42. The molecule has 2 atom stereocenters. The number of benzene rings is 2. The third kappa shape index (κ3) is 4.22. The molecule has 2 saturated heterocycles. The topological polar surface area (TPSA) is 45.6 Å². The van der Waals surface area contributed by atoms with Crippen molar-refractivity contribution in [2.45, 2.75) is 25.7 Å². The van der Waals surface area contributed by atoms with Crippen molar-refractivity contribution in [2.24, 2.45) is 0 Å². The van der Waals surface area contributed by atoms with Gasteiger partial charge in [-0.1, -0.05) is 17.7 Å². The molecule has 0 radical (unpaired) electrons. The Balaban J connectivity index is 1.23. The Labute approximate surface area is 205 Å². The first kappa shape index (κ1) is 21.7. The number of aromatic nitrogens is 2. The summed E-state index contributed by atoms with van der Waals surface area (Å²) in [6.45, 7) is 8.87. The van der Waals surface area contributed by atoms with Gasteiger partial charge in [0.05, 0.1) is 29.3 Å². The van der Waals surface area contributed by atoms with Crippen LogP contribution in [-0.4, -0.2) is 61.0 Å². The van der Waals surface area contributed by atoms with Crippen LogP contribution in [0.15, 0.2) is 61.1 Å². The molecule has 6 nitrogen and oxygen atoms in total. The van der Waals surface area contributed by atoms with Gasteiger partial charge in [0.2, 0.25) is 0 Å². The highest BCUT2D eigenvalue weighted by atomic mass is 35.5. The van der Waals surface area contributed by atoms with E-state index in [1.54, 1.807) is 6.20 Å². The summed E-state index contributed by atoms with van der Waals surface area (Å²) in [6.07, 6.45) is 6.54. The van der Waals surface area contributed by atoms with Gasteiger partial charge in [-0.15, -0.1) is 0 Å². The van der Waals surface area contributed by atoms with Gasteiger partial charge in [0.25, 0.3) is 0 Å². The summed E-state index contributed by atoms with van der Waals surface area (Å²) in [6, 6.07) is 15.0. The Morgan fingerprint density at radius 2 is 1.88 bits per heavy atom. The van der Waals surface area contributed by atoms with Crippen LogP contribution >= 0.6 is 11.6 Å². The van der Waals surface area contributed by atoms with Gasteiger partial charge >= 0.3 is 0 Å². The van der Waals surface area contributed by atoms with Crippen LogP contribution in [0.3, 0.4) is 0 Å². The highest BCUT2D eigenvalue weighted by Crippen LogP contribution is 2.32. The fourth-order valence-electron chi connectivity index (χ4n) is 5.39. The van der Waals surface area contributed by atoms with Crippen molar-refractivity contribution in [1.29, 1.82) is 0 Å². The van der Waals surface area contributed by atoms with Gasteiger partial charge in [-0.25, -0.2) is 0 Å². The summed E-state index contributed by atoms with van der Waals surface area (Å²) in [5, 5.41) is 7.77. The number of nitrogens with zero attached hydrogens (tertiary/aromatic N) is 4. The molecule has 0 amide bonds. The number of hydrogen-bond donors (Lipinski definition) is 1. The van der Waals surface area contributed by atoms with E-state index >= 15 is 0 Å². The fourth-order valence-corrected chi connectivity index (χ4v) is 5.60. The molecule has 4 heterocycles. The Hall–Kier alpha value is -2.80. The van der Waals surface area contributed by atoms with Crippen LogP contribution in [0.4, 0.5) is 11.4 Å². The first-order valence-corrected chi connectivity index (χ1v) is 12.5. The number of halogens is 1. The maximum Gasteiger partial charge on any atom is 0.0932 e. The van der Waals surface area contributed by atoms with Gasteiger partial charge in [-0.3, -0.25) is 4.98 Å². The van der Waals surface area contributed by atoms with Crippen molar-refractivity contribution in [3.05, 3.63) is 66.1 Å². The number of rotatable bonds is 4. The van der Waals surface area contributed by atoms with Crippen LogP contribution in [0.1, 0.15) is 6.92 Å². The molecule has 0 saturated carbocycles. The van der Waals surface area contributed by atoms with E-state index in [-0.39, 0.29) is 12.2 Å². The van der Waals surface area contributed by atoms with Crippen molar-refractivity contribution in [1.82, 2.24) is 14.9 Å². The van der Waals surface area contributed by atoms with Crippen LogP contribution in [0.25, 0.3) is 21.7 Å². The molecule has 2 aromatic heterocycles. The monoisotopic (exact) mass is 475 g/mol. The Kier molecular flexibility index (Phi) is 5.81. The Morgan fingerprint density at radius 3 is 2.76 bits per heavy atom. The first-order valence-electron chi connectivity index (χ1n) is 12.1. The minimum atomic E-state index is 0.0978. The predicted octanol–water partition coefficient (Wildman–Crippen LogP) is 4.55. The molecule has 2 aliphatic rings. The number of piperazine rings is 1. The second kappa shape index (κ2) is 9.10. The molecule has 2 fully saturated rings. The van der Waals surface area contributed by atoms with Gasteiger partial charge in [-0.05, 0) is 48.7 Å². The van der Waals surface area contributed by atoms with Crippen molar-refractivity contribution < 1.29 is 4.74 Å². The van der Waals surface area contributed by atoms with Crippen molar-refractivity contribution in [3.63, 3.8) is 0 Å². The first-order chi connectivity index (χ1) is 16.6. The zero-order valence-electron chi connectivity index (χ0n) is 19.5. The van der Waals surface area contributed by atoms with Gasteiger partial charge in [0, 0.05) is 80.0 Å². The van der Waals surface area contributed by atoms with Gasteiger partial charge in [-0.2, -0.15) is 0 Å². The number of morpholine rings is 1. The number of pyridine rings is 1. The summed E-state index contributed by atoms with van der Waals surface area (Å²) in [4.78, 5) is 9.39. The Bertz CT molecular complexity index is 1320. The van der Waals surface area contributed by atoms with Crippen LogP contribution in [0.2, 0.25) is 5.02 Å². The second-order valence-corrected chi connectivity index (χ2v) is 9.85. The van der Waals surface area contributed by atoms with E-state index in [1.807, 2.05) is 12.1 Å². The van der Waals surface area contributed by atoms with Crippen molar-refractivity contribution in [3.8, 4) is 0 Å². The third-order valence-corrected chi connectivity index (χ3v) is 7.25. The molecule has 2 aliphatic heterocycles. The second-order valence-electron chi connectivity index (χ2n) is 9.45. The summed E-state index contributed by atoms with van der Waals surface area (Å²) in [7, 11) is 0. The molecule has 7 heteroatoms. The lowest BCUT2D eigenvalue weighted by Gasteiger charge is -2.39. The molecule has 34 heavy (non-hydrogen) atoms. The molecular weight excluding hydrogens is 446 g/mol. The SMILES string of the molecule is C[C@@H]1CN(c2ccc(Cl)c3ncccc23)C[C@H](Cn2cc3ccc(N4CCNCC4)cc3c2)O1. The van der Waals surface area contributed by atoms with Crippen LogP contribution in [0, 0.1) is 0 Å². The molecule has 0 unspecified atom stereocenters. The molecule has 0 spiro atoms. The van der Waals surface area contributed by atoms with Crippen molar-refractivity contribution in [2.75, 3.05) is 49.1 Å². The molecule has 4 aromatic rings. The molecule has 2 aromatic carbocycles. The molecular formula is C27H30ClN5O. The molecule has 0 aliphatic carbocycles. The lowest BCUT2D eigenvalue weighted by atomic mass is 10.1. The lowest BCUT2D eigenvalue weighted by molar-refractivity contribution is -0.0238. The summed E-state index contributed by atoms with van der Waals surface area (Å²) in [5.41, 5.74) is 3.34. The summed E-state index contributed by atoms with van der Waals surface area (Å²) < 4.78 is 8.66. The van der Waals surface area contributed by atoms with Crippen LogP contribution in [0.5, 0.6) is 0 Å². The molecule has 6 rings (SSSR count). The summed E-state index contributed by atoms with van der Waals surface area (Å²) >= 11 is 6.42. The maximum absolute atomic E-state index is 6.42. The summed E-state index contributed by atoms with van der Waals surface area (Å²) in [5.74, 6) is 0. The van der Waals surface area contributed by atoms with E-state index in [1.165, 1.54) is 22.1 Å². The lowest BCUT2D eigenvalue weighted by Crippen LogP contribution is -2.48. The zero-order chi connectivity index (χ0) is 23.1. The number of hydrogen-bond acceptors (Lipinski definition) is 5.